The molecule has 3 rings (SSSR count). The second-order valence-electron chi connectivity index (χ2n) is 5.93. The Labute approximate surface area is 151 Å². The molecular weight excluding hydrogens is 336 g/mol. The first kappa shape index (κ1) is 17.2. The van der Waals surface area contributed by atoms with Crippen molar-refractivity contribution in [2.24, 2.45) is 0 Å². The van der Waals surface area contributed by atoms with Crippen LogP contribution in [0.25, 0.3) is 0 Å². The Kier molecular flexibility index (Phi) is 5.14. The van der Waals surface area contributed by atoms with E-state index in [0.717, 1.165) is 11.1 Å². The third kappa shape index (κ3) is 4.06. The minimum absolute atomic E-state index is 0.227. The zero-order valence-corrected chi connectivity index (χ0v) is 14.9. The maximum Gasteiger partial charge on any atom is 0.256 e. The van der Waals surface area contributed by atoms with Crippen molar-refractivity contribution in [3.8, 4) is 0 Å². The molecule has 2 heterocycles. The van der Waals surface area contributed by atoms with E-state index >= 15 is 0 Å². The van der Waals surface area contributed by atoms with Crippen LogP contribution in [0, 0.1) is 13.8 Å². The molecule has 1 aromatic carbocycles. The normalized spacial score (nSPS) is 10.7. The summed E-state index contributed by atoms with van der Waals surface area (Å²) in [5.74, 6) is -0.227. The predicted molar refractivity (Wildman–Crippen MR) is 97.7 cm³/mol. The van der Waals surface area contributed by atoms with E-state index in [9.17, 15) is 4.79 Å². The fourth-order valence-corrected chi connectivity index (χ4v) is 2.87. The van der Waals surface area contributed by atoms with Gasteiger partial charge in [0.2, 0.25) is 0 Å². The van der Waals surface area contributed by atoms with Gasteiger partial charge in [-0.2, -0.15) is 5.10 Å². The zero-order valence-electron chi connectivity index (χ0n) is 14.2. The molecule has 0 spiro atoms. The molecule has 6 heteroatoms. The lowest BCUT2D eigenvalue weighted by molar-refractivity contribution is 0.0950. The number of amides is 1. The molecule has 1 N–H and O–H groups in total. The van der Waals surface area contributed by atoms with Gasteiger partial charge in [0.05, 0.1) is 17.8 Å². The number of benzene rings is 1. The summed E-state index contributed by atoms with van der Waals surface area (Å²) in [5.41, 5.74) is 4.29. The zero-order chi connectivity index (χ0) is 17.8. The van der Waals surface area contributed by atoms with Gasteiger partial charge in [0.25, 0.3) is 5.91 Å². The van der Waals surface area contributed by atoms with Crippen molar-refractivity contribution >= 4 is 17.5 Å². The lowest BCUT2D eigenvalue weighted by Gasteiger charge is -2.06. The average Bonchev–Trinajstić information content (AvgIpc) is 2.89. The first-order valence-electron chi connectivity index (χ1n) is 8.00. The SMILES string of the molecule is Cc1ccc(Cn2nc(C)c(C(=O)NCc3ccncc3)c2Cl)cc1. The van der Waals surface area contributed by atoms with E-state index in [2.05, 4.69) is 15.4 Å². The number of rotatable bonds is 5. The van der Waals surface area contributed by atoms with Crippen LogP contribution in [0.3, 0.4) is 0 Å². The summed E-state index contributed by atoms with van der Waals surface area (Å²) in [7, 11) is 0. The van der Waals surface area contributed by atoms with Crippen molar-refractivity contribution in [1.29, 1.82) is 0 Å². The van der Waals surface area contributed by atoms with Gasteiger partial charge >= 0.3 is 0 Å². The number of halogens is 1. The summed E-state index contributed by atoms with van der Waals surface area (Å²) >= 11 is 6.42. The van der Waals surface area contributed by atoms with Gasteiger partial charge in [-0.1, -0.05) is 41.4 Å². The summed E-state index contributed by atoms with van der Waals surface area (Å²) in [6.07, 6.45) is 3.39. The highest BCUT2D eigenvalue weighted by molar-refractivity contribution is 6.33. The largest absolute Gasteiger partial charge is 0.348 e. The number of nitrogens with one attached hydrogen (secondary N) is 1. The fraction of sp³-hybridized carbons (Fsp3) is 0.211. The van der Waals surface area contributed by atoms with Gasteiger partial charge in [-0.05, 0) is 37.1 Å². The van der Waals surface area contributed by atoms with Crippen LogP contribution in [0.15, 0.2) is 48.8 Å². The van der Waals surface area contributed by atoms with Gasteiger partial charge < -0.3 is 5.32 Å². The van der Waals surface area contributed by atoms with Crippen LogP contribution in [0.4, 0.5) is 0 Å². The molecule has 2 aromatic heterocycles. The Balaban J connectivity index is 1.74. The molecule has 0 fully saturated rings. The topological polar surface area (TPSA) is 59.8 Å². The smallest absolute Gasteiger partial charge is 0.256 e. The highest BCUT2D eigenvalue weighted by atomic mass is 35.5. The van der Waals surface area contributed by atoms with E-state index in [0.29, 0.717) is 29.5 Å². The second kappa shape index (κ2) is 7.49. The van der Waals surface area contributed by atoms with Crippen LogP contribution in [0.2, 0.25) is 5.15 Å². The Morgan fingerprint density at radius 3 is 2.44 bits per heavy atom. The van der Waals surface area contributed by atoms with Gasteiger partial charge in [0.15, 0.2) is 0 Å². The van der Waals surface area contributed by atoms with Crippen LogP contribution in [-0.4, -0.2) is 20.7 Å². The lowest BCUT2D eigenvalue weighted by Crippen LogP contribution is -2.23. The molecule has 0 aliphatic carbocycles. The monoisotopic (exact) mass is 354 g/mol. The maximum atomic E-state index is 12.5. The molecule has 1 amide bonds. The highest BCUT2D eigenvalue weighted by Crippen LogP contribution is 2.21. The molecule has 3 aromatic rings. The Morgan fingerprint density at radius 2 is 1.76 bits per heavy atom. The van der Waals surface area contributed by atoms with Crippen molar-refractivity contribution in [3.63, 3.8) is 0 Å². The fourth-order valence-electron chi connectivity index (χ4n) is 2.55. The Bertz CT molecular complexity index is 872. The summed E-state index contributed by atoms with van der Waals surface area (Å²) in [6, 6.07) is 11.9. The molecule has 25 heavy (non-hydrogen) atoms. The number of aryl methyl sites for hydroxylation is 2. The summed E-state index contributed by atoms with van der Waals surface area (Å²) in [5, 5.41) is 7.65. The summed E-state index contributed by atoms with van der Waals surface area (Å²) in [4.78, 5) is 16.5. The molecule has 0 saturated carbocycles. The van der Waals surface area contributed by atoms with E-state index in [1.54, 1.807) is 24.0 Å². The molecule has 0 aliphatic rings. The number of carbonyl (C=O) groups is 1. The third-order valence-electron chi connectivity index (χ3n) is 3.95. The highest BCUT2D eigenvalue weighted by Gasteiger charge is 2.20. The van der Waals surface area contributed by atoms with Gasteiger partial charge in [0.1, 0.15) is 5.15 Å². The number of carbonyl (C=O) groups excluding carboxylic acids is 1. The van der Waals surface area contributed by atoms with Crippen molar-refractivity contribution in [3.05, 3.63) is 81.9 Å². The van der Waals surface area contributed by atoms with E-state index < -0.39 is 0 Å². The van der Waals surface area contributed by atoms with E-state index in [4.69, 9.17) is 11.6 Å². The molecule has 0 radical (unpaired) electrons. The van der Waals surface area contributed by atoms with Crippen LogP contribution in [-0.2, 0) is 13.1 Å². The van der Waals surface area contributed by atoms with Crippen molar-refractivity contribution in [2.75, 3.05) is 0 Å². The first-order valence-corrected chi connectivity index (χ1v) is 8.38. The number of aromatic nitrogens is 3. The number of nitrogens with zero attached hydrogens (tertiary/aromatic N) is 3. The summed E-state index contributed by atoms with van der Waals surface area (Å²) in [6.45, 7) is 4.77. The molecule has 128 valence electrons. The van der Waals surface area contributed by atoms with Gasteiger partial charge in [-0.3, -0.25) is 9.78 Å². The second-order valence-corrected chi connectivity index (χ2v) is 6.29. The molecule has 0 bridgehead atoms. The van der Waals surface area contributed by atoms with E-state index in [1.165, 1.54) is 5.56 Å². The summed E-state index contributed by atoms with van der Waals surface area (Å²) < 4.78 is 1.66. The Hall–Kier alpha value is -2.66. The third-order valence-corrected chi connectivity index (χ3v) is 4.33. The molecule has 0 saturated heterocycles. The van der Waals surface area contributed by atoms with Gasteiger partial charge in [0, 0.05) is 18.9 Å². The van der Waals surface area contributed by atoms with Crippen molar-refractivity contribution in [2.45, 2.75) is 26.9 Å². The lowest BCUT2D eigenvalue weighted by atomic mass is 10.1. The first-order chi connectivity index (χ1) is 12.0. The van der Waals surface area contributed by atoms with Crippen LogP contribution in [0.1, 0.15) is 32.7 Å². The van der Waals surface area contributed by atoms with Gasteiger partial charge in [-0.15, -0.1) is 0 Å². The Morgan fingerprint density at radius 1 is 1.08 bits per heavy atom. The number of hydrogen-bond donors (Lipinski definition) is 1. The average molecular weight is 355 g/mol. The van der Waals surface area contributed by atoms with Crippen LogP contribution in [0.5, 0.6) is 0 Å². The molecule has 0 atom stereocenters. The predicted octanol–water partition coefficient (Wildman–Crippen LogP) is 3.53. The van der Waals surface area contributed by atoms with Crippen molar-refractivity contribution in [1.82, 2.24) is 20.1 Å². The quantitative estimate of drug-likeness (QED) is 0.762. The van der Waals surface area contributed by atoms with Gasteiger partial charge in [-0.25, -0.2) is 4.68 Å². The minimum Gasteiger partial charge on any atom is -0.348 e. The van der Waals surface area contributed by atoms with E-state index in [-0.39, 0.29) is 5.91 Å². The molecular formula is C19H19ClN4O. The maximum absolute atomic E-state index is 12.5. The standard InChI is InChI=1S/C19H19ClN4O/c1-13-3-5-16(6-4-13)12-24-18(20)17(14(2)23-24)19(25)22-11-15-7-9-21-10-8-15/h3-10H,11-12H2,1-2H3,(H,22,25). The van der Waals surface area contributed by atoms with E-state index in [1.807, 2.05) is 43.3 Å². The minimum atomic E-state index is -0.227. The van der Waals surface area contributed by atoms with Crippen molar-refractivity contribution < 1.29 is 4.79 Å². The number of hydrogen-bond acceptors (Lipinski definition) is 3. The number of pyridine rings is 1. The molecule has 0 unspecified atom stereocenters. The van der Waals surface area contributed by atoms with Crippen LogP contribution >= 0.6 is 11.6 Å². The van der Waals surface area contributed by atoms with Crippen LogP contribution < -0.4 is 5.32 Å². The molecule has 5 nitrogen and oxygen atoms in total. The molecule has 0 aliphatic heterocycles.